The molecule has 1 fully saturated rings. The minimum Gasteiger partial charge on any atom is -0.353 e. The molecule has 1 aromatic carbocycles. The summed E-state index contributed by atoms with van der Waals surface area (Å²) in [6.07, 6.45) is 1.87. The van der Waals surface area contributed by atoms with E-state index in [4.69, 9.17) is 9.97 Å². The zero-order valence-corrected chi connectivity index (χ0v) is 15.7. The Morgan fingerprint density at radius 2 is 1.65 bits per heavy atom. The minimum atomic E-state index is 0.419. The summed E-state index contributed by atoms with van der Waals surface area (Å²) < 4.78 is 0. The van der Waals surface area contributed by atoms with Crippen LogP contribution in [-0.2, 0) is 0 Å². The molecule has 0 radical (unpaired) electrons. The number of pyridine rings is 1. The fourth-order valence-electron chi connectivity index (χ4n) is 3.49. The second kappa shape index (κ2) is 6.90. The van der Waals surface area contributed by atoms with E-state index >= 15 is 0 Å². The molecule has 0 amide bonds. The molecule has 5 nitrogen and oxygen atoms in total. The van der Waals surface area contributed by atoms with Crippen LogP contribution in [0.5, 0.6) is 0 Å². The van der Waals surface area contributed by atoms with E-state index in [0.29, 0.717) is 5.92 Å². The van der Waals surface area contributed by atoms with Gasteiger partial charge >= 0.3 is 0 Å². The SMILES string of the molecule is Cc1cc2ccccc2nc1N1CCN(c2nccc(C(C)C)n2)CC1. The molecule has 0 saturated carbocycles. The third kappa shape index (κ3) is 3.21. The Morgan fingerprint density at radius 1 is 0.923 bits per heavy atom. The normalized spacial score (nSPS) is 15.1. The van der Waals surface area contributed by atoms with Gasteiger partial charge in [-0.1, -0.05) is 32.0 Å². The molecular formula is C21H25N5. The standard InChI is InChI=1S/C21H25N5/c1-15(2)18-8-9-22-21(24-18)26-12-10-25(11-13-26)20-16(3)14-17-6-4-5-7-19(17)23-20/h4-9,14-15H,10-13H2,1-3H3. The number of para-hydroxylation sites is 1. The molecule has 0 aliphatic carbocycles. The maximum atomic E-state index is 4.91. The molecule has 4 rings (SSSR count). The van der Waals surface area contributed by atoms with Crippen LogP contribution in [0.15, 0.2) is 42.6 Å². The second-order valence-corrected chi connectivity index (χ2v) is 7.23. The number of nitrogens with zero attached hydrogens (tertiary/aromatic N) is 5. The molecule has 5 heteroatoms. The average molecular weight is 347 g/mol. The van der Waals surface area contributed by atoms with E-state index in [9.17, 15) is 0 Å². The van der Waals surface area contributed by atoms with Crippen molar-refractivity contribution in [3.8, 4) is 0 Å². The number of anilines is 2. The van der Waals surface area contributed by atoms with E-state index < -0.39 is 0 Å². The zero-order chi connectivity index (χ0) is 18.1. The summed E-state index contributed by atoms with van der Waals surface area (Å²) in [6.45, 7) is 10.2. The highest BCUT2D eigenvalue weighted by Crippen LogP contribution is 2.24. The Kier molecular flexibility index (Phi) is 4.45. The van der Waals surface area contributed by atoms with Gasteiger partial charge < -0.3 is 9.80 Å². The summed E-state index contributed by atoms with van der Waals surface area (Å²) in [4.78, 5) is 18.8. The molecule has 3 aromatic rings. The van der Waals surface area contributed by atoms with E-state index in [-0.39, 0.29) is 0 Å². The van der Waals surface area contributed by atoms with Crippen molar-refractivity contribution < 1.29 is 0 Å². The van der Waals surface area contributed by atoms with E-state index in [1.54, 1.807) is 0 Å². The van der Waals surface area contributed by atoms with Crippen molar-refractivity contribution in [3.63, 3.8) is 0 Å². The predicted octanol–water partition coefficient (Wildman–Crippen LogP) is 3.78. The number of hydrogen-bond acceptors (Lipinski definition) is 5. The van der Waals surface area contributed by atoms with Crippen molar-refractivity contribution in [1.29, 1.82) is 0 Å². The predicted molar refractivity (Wildman–Crippen MR) is 107 cm³/mol. The van der Waals surface area contributed by atoms with Crippen molar-refractivity contribution in [3.05, 3.63) is 53.9 Å². The van der Waals surface area contributed by atoms with Gasteiger partial charge in [0.25, 0.3) is 0 Å². The van der Waals surface area contributed by atoms with Crippen molar-refractivity contribution in [2.75, 3.05) is 36.0 Å². The van der Waals surface area contributed by atoms with Crippen LogP contribution in [0.25, 0.3) is 10.9 Å². The lowest BCUT2D eigenvalue weighted by atomic mass is 10.1. The molecule has 0 bridgehead atoms. The first-order valence-corrected chi connectivity index (χ1v) is 9.31. The molecule has 1 aliphatic heterocycles. The molecule has 0 unspecified atom stereocenters. The Balaban J connectivity index is 1.52. The summed E-state index contributed by atoms with van der Waals surface area (Å²) in [5.41, 5.74) is 3.39. The van der Waals surface area contributed by atoms with Crippen LogP contribution in [0.4, 0.5) is 11.8 Å². The molecule has 0 atom stereocenters. The van der Waals surface area contributed by atoms with Gasteiger partial charge in [0.2, 0.25) is 5.95 Å². The van der Waals surface area contributed by atoms with Gasteiger partial charge in [-0.15, -0.1) is 0 Å². The van der Waals surface area contributed by atoms with Gasteiger partial charge in [0.15, 0.2) is 0 Å². The first kappa shape index (κ1) is 16.8. The minimum absolute atomic E-state index is 0.419. The quantitative estimate of drug-likeness (QED) is 0.721. The van der Waals surface area contributed by atoms with Crippen molar-refractivity contribution in [2.24, 2.45) is 0 Å². The molecule has 26 heavy (non-hydrogen) atoms. The van der Waals surface area contributed by atoms with Crippen LogP contribution < -0.4 is 9.80 Å². The van der Waals surface area contributed by atoms with Gasteiger partial charge in [0.1, 0.15) is 5.82 Å². The maximum absolute atomic E-state index is 4.91. The van der Waals surface area contributed by atoms with Crippen LogP contribution in [0, 0.1) is 6.92 Å². The molecule has 0 spiro atoms. The summed E-state index contributed by atoms with van der Waals surface area (Å²) in [7, 11) is 0. The van der Waals surface area contributed by atoms with Crippen LogP contribution in [0.2, 0.25) is 0 Å². The zero-order valence-electron chi connectivity index (χ0n) is 15.7. The Hall–Kier alpha value is -2.69. The number of fused-ring (bicyclic) bond motifs is 1. The summed E-state index contributed by atoms with van der Waals surface area (Å²) in [5.74, 6) is 2.36. The number of aryl methyl sites for hydroxylation is 1. The second-order valence-electron chi connectivity index (χ2n) is 7.23. The van der Waals surface area contributed by atoms with Gasteiger partial charge in [-0.2, -0.15) is 0 Å². The van der Waals surface area contributed by atoms with Crippen LogP contribution in [-0.4, -0.2) is 41.1 Å². The fourth-order valence-corrected chi connectivity index (χ4v) is 3.49. The number of benzene rings is 1. The number of hydrogen-bond donors (Lipinski definition) is 0. The first-order valence-electron chi connectivity index (χ1n) is 9.31. The van der Waals surface area contributed by atoms with Gasteiger partial charge in [-0.25, -0.2) is 15.0 Å². The molecular weight excluding hydrogens is 322 g/mol. The Bertz CT molecular complexity index is 913. The van der Waals surface area contributed by atoms with Crippen LogP contribution >= 0.6 is 0 Å². The third-order valence-electron chi connectivity index (χ3n) is 5.01. The van der Waals surface area contributed by atoms with Gasteiger partial charge in [0, 0.05) is 43.5 Å². The molecule has 134 valence electrons. The molecule has 1 saturated heterocycles. The molecule has 2 aromatic heterocycles. The largest absolute Gasteiger partial charge is 0.353 e. The topological polar surface area (TPSA) is 45.2 Å². The van der Waals surface area contributed by atoms with Gasteiger partial charge in [-0.05, 0) is 36.6 Å². The van der Waals surface area contributed by atoms with E-state index in [1.165, 1.54) is 10.9 Å². The fraction of sp³-hybridized carbons (Fsp3) is 0.381. The van der Waals surface area contributed by atoms with Crippen molar-refractivity contribution >= 4 is 22.7 Å². The summed E-state index contributed by atoms with van der Waals surface area (Å²) in [5, 5.41) is 1.20. The molecule has 1 aliphatic rings. The highest BCUT2D eigenvalue weighted by molar-refractivity contribution is 5.81. The Morgan fingerprint density at radius 3 is 2.42 bits per heavy atom. The van der Waals surface area contributed by atoms with Crippen LogP contribution in [0.3, 0.4) is 0 Å². The van der Waals surface area contributed by atoms with E-state index in [2.05, 4.69) is 59.8 Å². The lowest BCUT2D eigenvalue weighted by molar-refractivity contribution is 0.630. The summed E-state index contributed by atoms with van der Waals surface area (Å²) in [6, 6.07) is 12.6. The maximum Gasteiger partial charge on any atom is 0.225 e. The lowest BCUT2D eigenvalue weighted by Crippen LogP contribution is -2.47. The molecule has 3 heterocycles. The number of aromatic nitrogens is 3. The van der Waals surface area contributed by atoms with Crippen molar-refractivity contribution in [2.45, 2.75) is 26.7 Å². The van der Waals surface area contributed by atoms with Crippen LogP contribution in [0.1, 0.15) is 31.0 Å². The van der Waals surface area contributed by atoms with E-state index in [1.807, 2.05) is 18.3 Å². The Labute approximate surface area is 154 Å². The van der Waals surface area contributed by atoms with E-state index in [0.717, 1.165) is 49.2 Å². The number of rotatable bonds is 3. The first-order chi connectivity index (χ1) is 12.6. The smallest absolute Gasteiger partial charge is 0.225 e. The van der Waals surface area contributed by atoms with Gasteiger partial charge in [-0.3, -0.25) is 0 Å². The van der Waals surface area contributed by atoms with Crippen molar-refractivity contribution in [1.82, 2.24) is 15.0 Å². The summed E-state index contributed by atoms with van der Waals surface area (Å²) >= 11 is 0. The van der Waals surface area contributed by atoms with Gasteiger partial charge in [0.05, 0.1) is 5.52 Å². The third-order valence-corrected chi connectivity index (χ3v) is 5.01. The molecule has 0 N–H and O–H groups in total. The monoisotopic (exact) mass is 347 g/mol. The lowest BCUT2D eigenvalue weighted by Gasteiger charge is -2.36. The number of piperazine rings is 1. The highest BCUT2D eigenvalue weighted by atomic mass is 15.3. The highest BCUT2D eigenvalue weighted by Gasteiger charge is 2.21. The average Bonchev–Trinajstić information content (AvgIpc) is 2.68.